The lowest BCUT2D eigenvalue weighted by Crippen LogP contribution is -1.54. The molecule has 0 amide bonds. The van der Waals surface area contributed by atoms with Crippen molar-refractivity contribution in [2.24, 2.45) is 0 Å². The highest BCUT2D eigenvalue weighted by Crippen LogP contribution is 1.88. The molecule has 0 aromatic rings. The normalized spacial score (nSPS) is 14.6. The molecule has 0 bridgehead atoms. The molecule has 0 aliphatic heterocycles. The van der Waals surface area contributed by atoms with Crippen LogP contribution in [0.4, 0.5) is 0 Å². The van der Waals surface area contributed by atoms with E-state index in [0.29, 0.717) is 0 Å². The predicted molar refractivity (Wildman–Crippen MR) is 130 cm³/mol. The van der Waals surface area contributed by atoms with Crippen molar-refractivity contribution in [1.82, 2.24) is 0 Å². The summed E-state index contributed by atoms with van der Waals surface area (Å²) in [6, 6.07) is 0. The van der Waals surface area contributed by atoms with E-state index >= 15 is 0 Å². The van der Waals surface area contributed by atoms with Gasteiger partial charge in [0.05, 0.1) is 0 Å². The van der Waals surface area contributed by atoms with Gasteiger partial charge in [-0.3, -0.25) is 0 Å². The Bertz CT molecular complexity index is 718. The van der Waals surface area contributed by atoms with Gasteiger partial charge in [0.2, 0.25) is 0 Å². The first-order valence-electron chi connectivity index (χ1n) is 9.52. The first-order chi connectivity index (χ1) is 13.9. The second-order valence-corrected chi connectivity index (χ2v) is 5.31. The van der Waals surface area contributed by atoms with Gasteiger partial charge in [0.1, 0.15) is 0 Å². The van der Waals surface area contributed by atoms with Gasteiger partial charge in [-0.25, -0.2) is 0 Å². The Kier molecular flexibility index (Phi) is 20.8. The molecule has 28 heavy (non-hydrogen) atoms. The topological polar surface area (TPSA) is 0 Å². The van der Waals surface area contributed by atoms with Crippen LogP contribution in [0.5, 0.6) is 0 Å². The Morgan fingerprint density at radius 3 is 0.786 bits per heavy atom. The van der Waals surface area contributed by atoms with Gasteiger partial charge < -0.3 is 0 Å². The summed E-state index contributed by atoms with van der Waals surface area (Å²) in [5.74, 6) is 0. The molecule has 0 heteroatoms. The molecule has 0 nitrogen and oxygen atoms in total. The van der Waals surface area contributed by atoms with E-state index in [1.165, 1.54) is 0 Å². The molecule has 0 spiro atoms. The predicted octanol–water partition coefficient (Wildman–Crippen LogP) is 8.26. The summed E-state index contributed by atoms with van der Waals surface area (Å²) in [4.78, 5) is 0. The van der Waals surface area contributed by atoms with Crippen LogP contribution in [0.25, 0.3) is 0 Å². The minimum Gasteiger partial charge on any atom is -0.0991 e. The van der Waals surface area contributed by atoms with E-state index in [9.17, 15) is 0 Å². The quantitative estimate of drug-likeness (QED) is 0.287. The Hall–Kier alpha value is -3.38. The summed E-state index contributed by atoms with van der Waals surface area (Å²) < 4.78 is 0. The smallest absolute Gasteiger partial charge is 0.0376 e. The maximum Gasteiger partial charge on any atom is -0.0376 e. The maximum atomic E-state index is 3.61. The summed E-state index contributed by atoms with van der Waals surface area (Å²) in [5, 5.41) is 0. The van der Waals surface area contributed by atoms with Gasteiger partial charge in [0.25, 0.3) is 0 Å². The molecule has 0 N–H and O–H groups in total. The van der Waals surface area contributed by atoms with Crippen LogP contribution >= 0.6 is 0 Å². The fourth-order valence-corrected chi connectivity index (χ4v) is 1.64. The van der Waals surface area contributed by atoms with Gasteiger partial charge in [-0.05, 0) is 6.42 Å². The van der Waals surface area contributed by atoms with Crippen molar-refractivity contribution in [2.45, 2.75) is 13.3 Å². The molecule has 0 aromatic heterocycles. The van der Waals surface area contributed by atoms with Crippen LogP contribution in [-0.4, -0.2) is 0 Å². The van der Waals surface area contributed by atoms with E-state index < -0.39 is 0 Å². The first-order valence-corrected chi connectivity index (χ1v) is 9.52. The second-order valence-electron chi connectivity index (χ2n) is 5.31. The highest BCUT2D eigenvalue weighted by Gasteiger charge is 1.66. The third-order valence-corrected chi connectivity index (χ3v) is 2.95. The SMILES string of the molecule is C=CC=CC=CC=CC=CC=CC=CC=CC=CC=CC=CC=CC=CCC. The maximum absolute atomic E-state index is 3.61. The number of hydrogen-bond donors (Lipinski definition) is 0. The van der Waals surface area contributed by atoms with E-state index in [-0.39, 0.29) is 0 Å². The standard InChI is InChI=1S/C28H32/c1-3-5-7-9-11-13-15-17-19-21-23-25-27-28-26-24-22-20-18-16-14-12-10-8-6-4-2/h3,5-28H,1,4H2,2H3. The van der Waals surface area contributed by atoms with Crippen LogP contribution in [-0.2, 0) is 0 Å². The van der Waals surface area contributed by atoms with E-state index in [0.717, 1.165) is 6.42 Å². The van der Waals surface area contributed by atoms with Crippen LogP contribution < -0.4 is 0 Å². The van der Waals surface area contributed by atoms with E-state index in [1.54, 1.807) is 6.08 Å². The number of rotatable bonds is 13. The molecular weight excluding hydrogens is 336 g/mol. The van der Waals surface area contributed by atoms with Crippen molar-refractivity contribution in [3.05, 3.63) is 158 Å². The van der Waals surface area contributed by atoms with Gasteiger partial charge in [-0.1, -0.05) is 165 Å². The fraction of sp³-hybridized carbons (Fsp3) is 0.0714. The van der Waals surface area contributed by atoms with Crippen LogP contribution in [0.15, 0.2) is 158 Å². The van der Waals surface area contributed by atoms with Gasteiger partial charge in [-0.2, -0.15) is 0 Å². The Balaban J connectivity index is 3.94. The van der Waals surface area contributed by atoms with Crippen molar-refractivity contribution in [3.63, 3.8) is 0 Å². The van der Waals surface area contributed by atoms with Crippen molar-refractivity contribution in [1.29, 1.82) is 0 Å². The Morgan fingerprint density at radius 1 is 0.357 bits per heavy atom. The molecule has 0 radical (unpaired) electrons. The monoisotopic (exact) mass is 368 g/mol. The molecule has 0 aliphatic rings. The minimum absolute atomic E-state index is 1.07. The van der Waals surface area contributed by atoms with Crippen LogP contribution in [0.3, 0.4) is 0 Å². The van der Waals surface area contributed by atoms with Crippen LogP contribution in [0.2, 0.25) is 0 Å². The lowest BCUT2D eigenvalue weighted by molar-refractivity contribution is 1.22. The molecule has 144 valence electrons. The minimum atomic E-state index is 1.07. The Labute approximate surface area is 172 Å². The zero-order valence-electron chi connectivity index (χ0n) is 16.8. The summed E-state index contributed by atoms with van der Waals surface area (Å²) in [6.45, 7) is 5.73. The molecule has 0 heterocycles. The van der Waals surface area contributed by atoms with Gasteiger partial charge in [0.15, 0.2) is 0 Å². The average molecular weight is 369 g/mol. The molecule has 0 unspecified atom stereocenters. The van der Waals surface area contributed by atoms with Gasteiger partial charge in [0, 0.05) is 0 Å². The highest BCUT2D eigenvalue weighted by atomic mass is 13.7. The summed E-state index contributed by atoms with van der Waals surface area (Å²) in [6.07, 6.45) is 50.8. The average Bonchev–Trinajstić information content (AvgIpc) is 2.71. The summed E-state index contributed by atoms with van der Waals surface area (Å²) in [7, 11) is 0. The van der Waals surface area contributed by atoms with Crippen molar-refractivity contribution >= 4 is 0 Å². The molecule has 0 fully saturated rings. The van der Waals surface area contributed by atoms with E-state index in [1.807, 2.05) is 134 Å². The van der Waals surface area contributed by atoms with Crippen molar-refractivity contribution in [2.75, 3.05) is 0 Å². The van der Waals surface area contributed by atoms with Crippen molar-refractivity contribution in [3.8, 4) is 0 Å². The van der Waals surface area contributed by atoms with Gasteiger partial charge >= 0.3 is 0 Å². The van der Waals surface area contributed by atoms with Gasteiger partial charge in [-0.15, -0.1) is 0 Å². The molecular formula is C28H32. The number of hydrogen-bond acceptors (Lipinski definition) is 0. The van der Waals surface area contributed by atoms with E-state index in [4.69, 9.17) is 0 Å². The molecule has 0 aliphatic carbocycles. The summed E-state index contributed by atoms with van der Waals surface area (Å²) in [5.41, 5.74) is 0. The van der Waals surface area contributed by atoms with Crippen LogP contribution in [0.1, 0.15) is 13.3 Å². The second kappa shape index (κ2) is 23.6. The molecule has 0 saturated carbocycles. The fourth-order valence-electron chi connectivity index (χ4n) is 1.64. The zero-order chi connectivity index (χ0) is 20.4. The highest BCUT2D eigenvalue weighted by molar-refractivity contribution is 5.23. The largest absolute Gasteiger partial charge is 0.0991 e. The molecule has 0 atom stereocenters. The van der Waals surface area contributed by atoms with Crippen molar-refractivity contribution < 1.29 is 0 Å². The third-order valence-electron chi connectivity index (χ3n) is 2.95. The molecule has 0 aromatic carbocycles. The lowest BCUT2D eigenvalue weighted by atomic mass is 10.3. The Morgan fingerprint density at radius 2 is 0.571 bits per heavy atom. The van der Waals surface area contributed by atoms with Crippen LogP contribution in [0, 0.1) is 0 Å². The molecule has 0 saturated heterocycles. The van der Waals surface area contributed by atoms with E-state index in [2.05, 4.69) is 25.7 Å². The first kappa shape index (κ1) is 24.6. The third kappa shape index (κ3) is 22.6. The zero-order valence-corrected chi connectivity index (χ0v) is 16.8. The lowest BCUT2D eigenvalue weighted by Gasteiger charge is -1.76. The summed E-state index contributed by atoms with van der Waals surface area (Å²) >= 11 is 0. The molecule has 0 rings (SSSR count). The number of allylic oxidation sites excluding steroid dienone is 25.